The van der Waals surface area contributed by atoms with Gasteiger partial charge in [0, 0.05) is 17.3 Å². The second kappa shape index (κ2) is 6.18. The van der Waals surface area contributed by atoms with E-state index in [1.54, 1.807) is 6.92 Å². The molecule has 1 aliphatic rings. The van der Waals surface area contributed by atoms with Crippen LogP contribution in [-0.4, -0.2) is 32.0 Å². The molecule has 22 heavy (non-hydrogen) atoms. The number of hydrogen-bond donors (Lipinski definition) is 0. The maximum atomic E-state index is 11.3. The Labute approximate surface area is 131 Å². The lowest BCUT2D eigenvalue weighted by molar-refractivity contribution is -0.659. The lowest BCUT2D eigenvalue weighted by atomic mass is 10.1. The summed E-state index contributed by atoms with van der Waals surface area (Å²) >= 11 is 0. The van der Waals surface area contributed by atoms with Crippen LogP contribution in [0.1, 0.15) is 17.3 Å². The van der Waals surface area contributed by atoms with E-state index in [2.05, 4.69) is 57.9 Å². The molecule has 114 valence electrons. The highest BCUT2D eigenvalue weighted by Crippen LogP contribution is 2.19. The Morgan fingerprint density at radius 3 is 2.18 bits per heavy atom. The van der Waals surface area contributed by atoms with Gasteiger partial charge in [0.1, 0.15) is 13.1 Å². The normalized spacial score (nSPS) is 15.0. The molecule has 0 radical (unpaired) electrons. The van der Waals surface area contributed by atoms with Gasteiger partial charge in [-0.2, -0.15) is 0 Å². The molecule has 0 aliphatic carbocycles. The van der Waals surface area contributed by atoms with Gasteiger partial charge in [0.15, 0.2) is 5.78 Å². The molecule has 4 nitrogen and oxygen atoms in total. The highest BCUT2D eigenvalue weighted by molar-refractivity contribution is 5.94. The summed E-state index contributed by atoms with van der Waals surface area (Å²) in [6.07, 6.45) is 2.09. The molecular weight excluding hydrogens is 274 g/mol. The van der Waals surface area contributed by atoms with Crippen molar-refractivity contribution in [1.29, 1.82) is 0 Å². The van der Waals surface area contributed by atoms with Crippen LogP contribution >= 0.6 is 0 Å². The van der Waals surface area contributed by atoms with Crippen LogP contribution in [0.3, 0.4) is 0 Å². The van der Waals surface area contributed by atoms with E-state index in [1.807, 2.05) is 12.1 Å². The number of aryl methyl sites for hydroxylation is 1. The quantitative estimate of drug-likeness (QED) is 0.641. The lowest BCUT2D eigenvalue weighted by Gasteiger charge is -2.33. The molecule has 1 aromatic heterocycles. The van der Waals surface area contributed by atoms with Crippen LogP contribution in [0.15, 0.2) is 48.7 Å². The standard InChI is InChI=1S/C18H22N3O/c1-15(22)16-6-8-17(9-7-16)20-11-13-21(14-12-20)18-5-3-4-10-19(18)2/h3-10H,11-14H2,1-2H3/q+1. The molecule has 1 aromatic carbocycles. The fourth-order valence-corrected chi connectivity index (χ4v) is 2.94. The Bertz CT molecular complexity index is 658. The molecule has 1 fully saturated rings. The number of nitrogens with zero attached hydrogens (tertiary/aromatic N) is 3. The van der Waals surface area contributed by atoms with E-state index < -0.39 is 0 Å². The van der Waals surface area contributed by atoms with Crippen LogP contribution in [0.4, 0.5) is 11.5 Å². The van der Waals surface area contributed by atoms with Crippen LogP contribution in [0.5, 0.6) is 0 Å². The number of piperazine rings is 1. The monoisotopic (exact) mass is 296 g/mol. The third kappa shape index (κ3) is 2.96. The average Bonchev–Trinajstić information content (AvgIpc) is 2.56. The first kappa shape index (κ1) is 14.6. The molecule has 0 N–H and O–H groups in total. The summed E-state index contributed by atoms with van der Waals surface area (Å²) in [5, 5.41) is 0. The highest BCUT2D eigenvalue weighted by Gasteiger charge is 2.24. The Hall–Kier alpha value is -2.36. The Morgan fingerprint density at radius 1 is 0.955 bits per heavy atom. The molecule has 2 aromatic rings. The van der Waals surface area contributed by atoms with Crippen LogP contribution in [0.2, 0.25) is 0 Å². The number of rotatable bonds is 3. The van der Waals surface area contributed by atoms with Gasteiger partial charge in [-0.15, -0.1) is 0 Å². The minimum absolute atomic E-state index is 0.118. The fraction of sp³-hybridized carbons (Fsp3) is 0.333. The van der Waals surface area contributed by atoms with Gasteiger partial charge in [0.2, 0.25) is 0 Å². The smallest absolute Gasteiger partial charge is 0.276 e. The lowest BCUT2D eigenvalue weighted by Crippen LogP contribution is -2.50. The predicted molar refractivity (Wildman–Crippen MR) is 88.5 cm³/mol. The minimum atomic E-state index is 0.118. The van der Waals surface area contributed by atoms with Crippen molar-refractivity contribution in [2.45, 2.75) is 6.92 Å². The van der Waals surface area contributed by atoms with Crippen molar-refractivity contribution < 1.29 is 9.36 Å². The largest absolute Gasteiger partial charge is 0.364 e. The molecule has 0 spiro atoms. The molecule has 1 saturated heterocycles. The van der Waals surface area contributed by atoms with Crippen LogP contribution in [-0.2, 0) is 7.05 Å². The van der Waals surface area contributed by atoms with E-state index in [9.17, 15) is 4.79 Å². The van der Waals surface area contributed by atoms with E-state index in [1.165, 1.54) is 11.5 Å². The summed E-state index contributed by atoms with van der Waals surface area (Å²) in [7, 11) is 2.09. The molecule has 0 bridgehead atoms. The van der Waals surface area contributed by atoms with Crippen molar-refractivity contribution in [2.24, 2.45) is 7.05 Å². The van der Waals surface area contributed by atoms with Gasteiger partial charge in [-0.1, -0.05) is 6.07 Å². The molecule has 0 saturated carbocycles. The molecule has 4 heteroatoms. The first-order chi connectivity index (χ1) is 10.6. The number of pyridine rings is 1. The van der Waals surface area contributed by atoms with E-state index in [0.717, 1.165) is 31.7 Å². The number of aromatic nitrogens is 1. The van der Waals surface area contributed by atoms with E-state index in [0.29, 0.717) is 0 Å². The van der Waals surface area contributed by atoms with Gasteiger partial charge < -0.3 is 4.90 Å². The number of carbonyl (C=O) groups is 1. The maximum absolute atomic E-state index is 11.3. The number of ketones is 1. The van der Waals surface area contributed by atoms with E-state index >= 15 is 0 Å². The molecule has 0 atom stereocenters. The van der Waals surface area contributed by atoms with Crippen molar-refractivity contribution in [3.63, 3.8) is 0 Å². The van der Waals surface area contributed by atoms with Crippen molar-refractivity contribution in [3.8, 4) is 0 Å². The van der Waals surface area contributed by atoms with Gasteiger partial charge in [-0.25, -0.2) is 4.57 Å². The summed E-state index contributed by atoms with van der Waals surface area (Å²) in [6, 6.07) is 14.2. The zero-order chi connectivity index (χ0) is 15.5. The number of Topliss-reactive ketones (excluding diaryl/α,β-unsaturated/α-hetero) is 1. The Balaban J connectivity index is 1.66. The Kier molecular flexibility index (Phi) is 4.09. The third-order valence-electron chi connectivity index (χ3n) is 4.27. The van der Waals surface area contributed by atoms with E-state index in [-0.39, 0.29) is 5.78 Å². The van der Waals surface area contributed by atoms with Crippen molar-refractivity contribution in [1.82, 2.24) is 0 Å². The van der Waals surface area contributed by atoms with Gasteiger partial charge in [0.25, 0.3) is 5.82 Å². The minimum Gasteiger partial charge on any atom is -0.364 e. The zero-order valence-corrected chi connectivity index (χ0v) is 13.2. The van der Waals surface area contributed by atoms with Crippen LogP contribution in [0.25, 0.3) is 0 Å². The number of hydrogen-bond acceptors (Lipinski definition) is 3. The van der Waals surface area contributed by atoms with Gasteiger partial charge >= 0.3 is 0 Å². The van der Waals surface area contributed by atoms with Gasteiger partial charge in [-0.3, -0.25) is 9.69 Å². The second-order valence-electron chi connectivity index (χ2n) is 5.75. The summed E-state index contributed by atoms with van der Waals surface area (Å²) in [5.74, 6) is 1.38. The fourth-order valence-electron chi connectivity index (χ4n) is 2.94. The van der Waals surface area contributed by atoms with Crippen molar-refractivity contribution in [2.75, 3.05) is 36.0 Å². The average molecular weight is 296 g/mol. The zero-order valence-electron chi connectivity index (χ0n) is 13.2. The molecular formula is C18H22N3O+. The summed E-state index contributed by atoms with van der Waals surface area (Å²) in [4.78, 5) is 16.1. The molecule has 2 heterocycles. The summed E-state index contributed by atoms with van der Waals surface area (Å²) < 4.78 is 2.16. The Morgan fingerprint density at radius 2 is 1.59 bits per heavy atom. The van der Waals surface area contributed by atoms with Crippen LogP contribution in [0, 0.1) is 0 Å². The van der Waals surface area contributed by atoms with Gasteiger partial charge in [0.05, 0.1) is 26.3 Å². The van der Waals surface area contributed by atoms with Gasteiger partial charge in [-0.05, 0) is 37.3 Å². The highest BCUT2D eigenvalue weighted by atomic mass is 16.1. The first-order valence-corrected chi connectivity index (χ1v) is 7.71. The molecule has 0 unspecified atom stereocenters. The second-order valence-corrected chi connectivity index (χ2v) is 5.75. The predicted octanol–water partition coefficient (Wildman–Crippen LogP) is 2.04. The molecule has 1 aliphatic heterocycles. The van der Waals surface area contributed by atoms with E-state index in [4.69, 9.17) is 0 Å². The summed E-state index contributed by atoms with van der Waals surface area (Å²) in [5.41, 5.74) is 1.97. The number of anilines is 2. The SMILES string of the molecule is CC(=O)c1ccc(N2CCN(c3cccc[n+]3C)CC2)cc1. The topological polar surface area (TPSA) is 27.4 Å². The summed E-state index contributed by atoms with van der Waals surface area (Å²) in [6.45, 7) is 5.61. The van der Waals surface area contributed by atoms with Crippen molar-refractivity contribution in [3.05, 3.63) is 54.2 Å². The number of benzene rings is 1. The maximum Gasteiger partial charge on any atom is 0.276 e. The molecule has 3 rings (SSSR count). The van der Waals surface area contributed by atoms with Crippen molar-refractivity contribution >= 4 is 17.3 Å². The third-order valence-corrected chi connectivity index (χ3v) is 4.27. The number of carbonyl (C=O) groups excluding carboxylic acids is 1. The first-order valence-electron chi connectivity index (χ1n) is 7.71. The molecule has 0 amide bonds. The van der Waals surface area contributed by atoms with Crippen LogP contribution < -0.4 is 14.4 Å².